The molecule has 0 radical (unpaired) electrons. The van der Waals surface area contributed by atoms with Gasteiger partial charge in [-0.05, 0) is 24.9 Å². The van der Waals surface area contributed by atoms with Gasteiger partial charge in [0.05, 0.1) is 6.61 Å². The molecule has 2 fully saturated rings. The second kappa shape index (κ2) is 3.66. The van der Waals surface area contributed by atoms with Crippen molar-refractivity contribution in [1.29, 1.82) is 0 Å². The van der Waals surface area contributed by atoms with Gasteiger partial charge < -0.3 is 10.1 Å². The van der Waals surface area contributed by atoms with Gasteiger partial charge in [-0.2, -0.15) is 8.78 Å². The molecular formula is C11H12F2N2O. The maximum atomic E-state index is 13.2. The zero-order valence-electron chi connectivity index (χ0n) is 8.62. The average Bonchev–Trinajstić information content (AvgIpc) is 2.73. The first-order valence-electron chi connectivity index (χ1n) is 5.41. The first-order chi connectivity index (χ1) is 7.77. The lowest BCUT2D eigenvalue weighted by molar-refractivity contribution is 0.262. The van der Waals surface area contributed by atoms with Crippen LogP contribution in [0.5, 0.6) is 5.75 Å². The van der Waals surface area contributed by atoms with E-state index < -0.39 is 11.8 Å². The molecule has 2 heterocycles. The fraction of sp³-hybridized carbons (Fsp3) is 0.545. The van der Waals surface area contributed by atoms with E-state index in [0.29, 0.717) is 24.4 Å². The SMILES string of the molecule is Fc1nccc(OCC2[C@H]3CNC[C@@H]23)c1F. The Morgan fingerprint density at radius 2 is 2.12 bits per heavy atom. The van der Waals surface area contributed by atoms with Gasteiger partial charge in [0.25, 0.3) is 5.95 Å². The Hall–Kier alpha value is -1.23. The lowest BCUT2D eigenvalue weighted by Crippen LogP contribution is -2.18. The smallest absolute Gasteiger partial charge is 0.252 e. The second-order valence-electron chi connectivity index (χ2n) is 4.37. The van der Waals surface area contributed by atoms with E-state index in [1.165, 1.54) is 12.3 Å². The summed E-state index contributed by atoms with van der Waals surface area (Å²) in [5.41, 5.74) is 0. The van der Waals surface area contributed by atoms with E-state index in [-0.39, 0.29) is 5.75 Å². The van der Waals surface area contributed by atoms with Crippen molar-refractivity contribution in [1.82, 2.24) is 10.3 Å². The van der Waals surface area contributed by atoms with Crippen LogP contribution in [-0.4, -0.2) is 24.7 Å². The van der Waals surface area contributed by atoms with Gasteiger partial charge in [-0.3, -0.25) is 0 Å². The largest absolute Gasteiger partial charge is 0.490 e. The highest BCUT2D eigenvalue weighted by Gasteiger charge is 2.53. The van der Waals surface area contributed by atoms with E-state index in [9.17, 15) is 8.78 Å². The summed E-state index contributed by atoms with van der Waals surface area (Å²) in [6.07, 6.45) is 1.21. The number of piperidine rings is 1. The molecule has 0 bridgehead atoms. The van der Waals surface area contributed by atoms with Gasteiger partial charge in [0.1, 0.15) is 0 Å². The Balaban J connectivity index is 1.61. The number of nitrogens with one attached hydrogen (secondary N) is 1. The monoisotopic (exact) mass is 226 g/mol. The Morgan fingerprint density at radius 3 is 2.88 bits per heavy atom. The van der Waals surface area contributed by atoms with Crippen LogP contribution in [0.25, 0.3) is 0 Å². The van der Waals surface area contributed by atoms with E-state index in [1.807, 2.05) is 0 Å². The van der Waals surface area contributed by atoms with Gasteiger partial charge in [-0.25, -0.2) is 4.98 Å². The molecular weight excluding hydrogens is 214 g/mol. The minimum atomic E-state index is -1.10. The van der Waals surface area contributed by atoms with Gasteiger partial charge in [0.2, 0.25) is 5.82 Å². The summed E-state index contributed by atoms with van der Waals surface area (Å²) in [6.45, 7) is 2.51. The van der Waals surface area contributed by atoms with Crippen molar-refractivity contribution in [3.63, 3.8) is 0 Å². The van der Waals surface area contributed by atoms with Crippen LogP contribution in [0.3, 0.4) is 0 Å². The Bertz CT molecular complexity index is 403. The van der Waals surface area contributed by atoms with Crippen molar-refractivity contribution in [2.45, 2.75) is 0 Å². The van der Waals surface area contributed by atoms with Crippen LogP contribution < -0.4 is 10.1 Å². The van der Waals surface area contributed by atoms with E-state index in [2.05, 4.69) is 10.3 Å². The number of fused-ring (bicyclic) bond motifs is 1. The zero-order chi connectivity index (χ0) is 11.1. The fourth-order valence-electron chi connectivity index (χ4n) is 2.49. The van der Waals surface area contributed by atoms with E-state index in [4.69, 9.17) is 4.74 Å². The molecule has 3 nitrogen and oxygen atoms in total. The molecule has 0 aromatic carbocycles. The summed E-state index contributed by atoms with van der Waals surface area (Å²) in [5.74, 6) is -0.312. The summed E-state index contributed by atoms with van der Waals surface area (Å²) in [6, 6.07) is 1.36. The van der Waals surface area contributed by atoms with Gasteiger partial charge in [-0.1, -0.05) is 0 Å². The molecule has 0 amide bonds. The summed E-state index contributed by atoms with van der Waals surface area (Å²) >= 11 is 0. The van der Waals surface area contributed by atoms with Crippen LogP contribution in [0.4, 0.5) is 8.78 Å². The summed E-state index contributed by atoms with van der Waals surface area (Å²) in [5, 5.41) is 3.27. The van der Waals surface area contributed by atoms with Crippen molar-refractivity contribution in [2.24, 2.45) is 17.8 Å². The zero-order valence-corrected chi connectivity index (χ0v) is 8.62. The van der Waals surface area contributed by atoms with Crippen LogP contribution in [0.15, 0.2) is 12.3 Å². The van der Waals surface area contributed by atoms with Gasteiger partial charge >= 0.3 is 0 Å². The summed E-state index contributed by atoms with van der Waals surface area (Å²) in [4.78, 5) is 3.21. The fourth-order valence-corrected chi connectivity index (χ4v) is 2.49. The maximum absolute atomic E-state index is 13.2. The standard InChI is InChI=1S/C11H12F2N2O/c12-10-9(1-2-15-11(10)13)16-5-8-6-3-14-4-7(6)8/h1-2,6-8,14H,3-5H2/t6-,7+,8?. The highest BCUT2D eigenvalue weighted by atomic mass is 19.2. The van der Waals surface area contributed by atoms with Crippen LogP contribution >= 0.6 is 0 Å². The minimum Gasteiger partial charge on any atom is -0.490 e. The molecule has 1 aromatic heterocycles. The number of nitrogens with zero attached hydrogens (tertiary/aromatic N) is 1. The molecule has 5 heteroatoms. The third-order valence-corrected chi connectivity index (χ3v) is 3.51. The number of hydrogen-bond donors (Lipinski definition) is 1. The van der Waals surface area contributed by atoms with Crippen molar-refractivity contribution in [3.8, 4) is 5.75 Å². The molecule has 1 saturated carbocycles. The number of halogens is 2. The predicted octanol–water partition coefficient (Wildman–Crippen LogP) is 1.20. The number of pyridine rings is 1. The average molecular weight is 226 g/mol. The van der Waals surface area contributed by atoms with Crippen LogP contribution in [0.1, 0.15) is 0 Å². The number of ether oxygens (including phenoxy) is 1. The molecule has 1 aromatic rings. The van der Waals surface area contributed by atoms with Gasteiger partial charge in [-0.15, -0.1) is 0 Å². The normalized spacial score (nSPS) is 31.2. The topological polar surface area (TPSA) is 34.1 Å². The summed E-state index contributed by atoms with van der Waals surface area (Å²) < 4.78 is 31.3. The molecule has 86 valence electrons. The van der Waals surface area contributed by atoms with Crippen molar-refractivity contribution >= 4 is 0 Å². The Morgan fingerprint density at radius 1 is 1.38 bits per heavy atom. The quantitative estimate of drug-likeness (QED) is 0.786. The van der Waals surface area contributed by atoms with E-state index in [0.717, 1.165) is 13.1 Å². The molecule has 1 N–H and O–H groups in total. The van der Waals surface area contributed by atoms with Crippen molar-refractivity contribution < 1.29 is 13.5 Å². The first kappa shape index (κ1) is 9.96. The third kappa shape index (κ3) is 1.55. The molecule has 3 rings (SSSR count). The van der Waals surface area contributed by atoms with Crippen LogP contribution in [0.2, 0.25) is 0 Å². The highest BCUT2D eigenvalue weighted by molar-refractivity contribution is 5.21. The lowest BCUT2D eigenvalue weighted by Gasteiger charge is -2.08. The number of hydrogen-bond acceptors (Lipinski definition) is 3. The van der Waals surface area contributed by atoms with Crippen LogP contribution in [-0.2, 0) is 0 Å². The molecule has 3 atom stereocenters. The van der Waals surface area contributed by atoms with Crippen LogP contribution in [0, 0.1) is 29.5 Å². The van der Waals surface area contributed by atoms with Crippen molar-refractivity contribution in [3.05, 3.63) is 24.0 Å². The molecule has 1 aliphatic heterocycles. The second-order valence-corrected chi connectivity index (χ2v) is 4.37. The molecule has 2 aliphatic rings. The molecule has 1 saturated heterocycles. The molecule has 0 spiro atoms. The first-order valence-corrected chi connectivity index (χ1v) is 5.41. The van der Waals surface area contributed by atoms with Gasteiger partial charge in [0, 0.05) is 18.2 Å². The third-order valence-electron chi connectivity index (χ3n) is 3.51. The Labute approximate surface area is 91.8 Å². The predicted molar refractivity (Wildman–Crippen MR) is 53.0 cm³/mol. The van der Waals surface area contributed by atoms with Crippen molar-refractivity contribution in [2.75, 3.05) is 19.7 Å². The minimum absolute atomic E-state index is 0.0366. The highest BCUT2D eigenvalue weighted by Crippen LogP contribution is 2.48. The maximum Gasteiger partial charge on any atom is 0.252 e. The number of rotatable bonds is 3. The van der Waals surface area contributed by atoms with E-state index in [1.54, 1.807) is 0 Å². The number of aromatic nitrogens is 1. The van der Waals surface area contributed by atoms with Gasteiger partial charge in [0.15, 0.2) is 5.75 Å². The molecule has 1 unspecified atom stereocenters. The lowest BCUT2D eigenvalue weighted by atomic mass is 10.3. The summed E-state index contributed by atoms with van der Waals surface area (Å²) in [7, 11) is 0. The Kier molecular flexibility index (Phi) is 2.28. The molecule has 16 heavy (non-hydrogen) atoms. The molecule has 1 aliphatic carbocycles. The van der Waals surface area contributed by atoms with E-state index >= 15 is 0 Å².